The molecule has 0 fully saturated rings. The minimum atomic E-state index is -0.358. The second kappa shape index (κ2) is 6.85. The summed E-state index contributed by atoms with van der Waals surface area (Å²) in [6.45, 7) is 3.97. The lowest BCUT2D eigenvalue weighted by molar-refractivity contribution is -0.132. The second-order valence-electron chi connectivity index (χ2n) is 5.86. The topological polar surface area (TPSA) is 44.8 Å². The van der Waals surface area contributed by atoms with Crippen molar-refractivity contribution in [1.82, 2.24) is 0 Å². The van der Waals surface area contributed by atoms with Crippen LogP contribution in [0.4, 0.5) is 0 Å². The van der Waals surface area contributed by atoms with Gasteiger partial charge >= 0.3 is 5.97 Å². The molecule has 1 aliphatic rings. The van der Waals surface area contributed by atoms with Crippen molar-refractivity contribution in [3.05, 3.63) is 76.6 Å². The van der Waals surface area contributed by atoms with Crippen molar-refractivity contribution in [1.29, 1.82) is 0 Å². The maximum Gasteiger partial charge on any atom is 0.336 e. The van der Waals surface area contributed by atoms with Crippen LogP contribution < -0.4 is 9.47 Å². The van der Waals surface area contributed by atoms with E-state index >= 15 is 0 Å². The fourth-order valence-electron chi connectivity index (χ4n) is 2.97. The van der Waals surface area contributed by atoms with E-state index in [0.717, 1.165) is 39.3 Å². The molecule has 2 aromatic rings. The van der Waals surface area contributed by atoms with E-state index in [2.05, 4.69) is 0 Å². The van der Waals surface area contributed by atoms with Gasteiger partial charge in [-0.05, 0) is 66.4 Å². The van der Waals surface area contributed by atoms with Crippen LogP contribution in [0, 0.1) is 13.8 Å². The molecule has 2 aromatic carbocycles. The van der Waals surface area contributed by atoms with Gasteiger partial charge in [-0.15, -0.1) is 0 Å². The van der Waals surface area contributed by atoms with Gasteiger partial charge < -0.3 is 14.2 Å². The molecule has 0 N–H and O–H groups in total. The average molecular weight is 336 g/mol. The second-order valence-corrected chi connectivity index (χ2v) is 5.86. The Hall–Kier alpha value is -3.01. The third-order valence-corrected chi connectivity index (χ3v) is 4.19. The van der Waals surface area contributed by atoms with Crippen LogP contribution in [-0.2, 0) is 9.53 Å². The number of ether oxygens (including phenoxy) is 3. The summed E-state index contributed by atoms with van der Waals surface area (Å²) in [5, 5.41) is 0. The molecule has 0 unspecified atom stereocenters. The number of rotatable bonds is 4. The van der Waals surface area contributed by atoms with Crippen molar-refractivity contribution < 1.29 is 19.0 Å². The quantitative estimate of drug-likeness (QED) is 0.785. The van der Waals surface area contributed by atoms with Gasteiger partial charge in [-0.1, -0.05) is 12.1 Å². The molecule has 0 spiro atoms. The van der Waals surface area contributed by atoms with Gasteiger partial charge in [0, 0.05) is 11.6 Å². The molecule has 25 heavy (non-hydrogen) atoms. The molecule has 0 amide bonds. The lowest BCUT2D eigenvalue weighted by Crippen LogP contribution is -1.99. The maximum absolute atomic E-state index is 11.6. The Kier molecular flexibility index (Phi) is 4.61. The third-order valence-electron chi connectivity index (χ3n) is 4.19. The zero-order valence-electron chi connectivity index (χ0n) is 14.8. The SMILES string of the molecule is COc1ccc(C(=C2C=CC(=O)O2)c2ccc(OC)c(C)c2)cc1C. The molecule has 0 atom stereocenters. The van der Waals surface area contributed by atoms with E-state index < -0.39 is 0 Å². The van der Waals surface area contributed by atoms with Gasteiger partial charge in [0.25, 0.3) is 0 Å². The Morgan fingerprint density at radius 1 is 0.840 bits per heavy atom. The van der Waals surface area contributed by atoms with Crippen molar-refractivity contribution in [2.24, 2.45) is 0 Å². The van der Waals surface area contributed by atoms with Crippen molar-refractivity contribution >= 4 is 11.5 Å². The minimum absolute atomic E-state index is 0.358. The predicted octanol–water partition coefficient (Wildman–Crippen LogP) is 4.19. The van der Waals surface area contributed by atoms with E-state index in [1.165, 1.54) is 6.08 Å². The number of esters is 1. The highest BCUT2D eigenvalue weighted by molar-refractivity contribution is 5.92. The Morgan fingerprint density at radius 2 is 1.36 bits per heavy atom. The molecular formula is C21H20O4. The normalized spacial score (nSPS) is 13.0. The summed E-state index contributed by atoms with van der Waals surface area (Å²) in [5.74, 6) is 1.82. The van der Waals surface area contributed by atoms with Crippen LogP contribution in [0.5, 0.6) is 11.5 Å². The number of carbonyl (C=O) groups excluding carboxylic acids is 1. The molecular weight excluding hydrogens is 316 g/mol. The lowest BCUT2D eigenvalue weighted by Gasteiger charge is -2.15. The molecule has 4 heteroatoms. The highest BCUT2D eigenvalue weighted by Crippen LogP contribution is 2.34. The highest BCUT2D eigenvalue weighted by Gasteiger charge is 2.19. The van der Waals surface area contributed by atoms with E-state index in [9.17, 15) is 4.79 Å². The number of aryl methyl sites for hydroxylation is 2. The third kappa shape index (κ3) is 3.29. The first kappa shape index (κ1) is 16.8. The van der Waals surface area contributed by atoms with Gasteiger partial charge in [-0.25, -0.2) is 4.79 Å². The summed E-state index contributed by atoms with van der Waals surface area (Å²) in [6.07, 6.45) is 3.14. The fraction of sp³-hybridized carbons (Fsp3) is 0.190. The monoisotopic (exact) mass is 336 g/mol. The van der Waals surface area contributed by atoms with Gasteiger partial charge in [0.15, 0.2) is 0 Å². The maximum atomic E-state index is 11.6. The van der Waals surface area contributed by atoms with Crippen LogP contribution >= 0.6 is 0 Å². The van der Waals surface area contributed by atoms with Crippen molar-refractivity contribution in [3.8, 4) is 11.5 Å². The van der Waals surface area contributed by atoms with E-state index in [1.54, 1.807) is 20.3 Å². The van der Waals surface area contributed by atoms with Gasteiger partial charge in [0.2, 0.25) is 0 Å². The standard InChI is InChI=1S/C21H20O4/c1-13-11-15(5-7-17(13)23-3)21(19-9-10-20(22)25-19)16-6-8-18(24-4)14(2)12-16/h5-12H,1-4H3. The number of hydrogen-bond donors (Lipinski definition) is 0. The number of carbonyl (C=O) groups is 1. The van der Waals surface area contributed by atoms with Crippen molar-refractivity contribution in [3.63, 3.8) is 0 Å². The summed E-state index contributed by atoms with van der Waals surface area (Å²) in [7, 11) is 3.30. The molecule has 0 radical (unpaired) electrons. The van der Waals surface area contributed by atoms with Crippen LogP contribution in [0.3, 0.4) is 0 Å². The van der Waals surface area contributed by atoms with Crippen LogP contribution in [0.15, 0.2) is 54.3 Å². The van der Waals surface area contributed by atoms with Gasteiger partial charge in [-0.2, -0.15) is 0 Å². The summed E-state index contributed by atoms with van der Waals surface area (Å²) in [6, 6.07) is 11.8. The summed E-state index contributed by atoms with van der Waals surface area (Å²) in [4.78, 5) is 11.6. The molecule has 0 saturated heterocycles. The molecule has 0 saturated carbocycles. The number of allylic oxidation sites excluding steroid dienone is 1. The predicted molar refractivity (Wildman–Crippen MR) is 96.7 cm³/mol. The largest absolute Gasteiger partial charge is 0.496 e. The first-order chi connectivity index (χ1) is 12.0. The average Bonchev–Trinajstić information content (AvgIpc) is 3.01. The molecule has 1 aliphatic heterocycles. The molecule has 128 valence electrons. The Bertz CT molecular complexity index is 835. The molecule has 0 bridgehead atoms. The Balaban J connectivity index is 2.18. The van der Waals surface area contributed by atoms with Crippen molar-refractivity contribution in [2.75, 3.05) is 14.2 Å². The van der Waals surface area contributed by atoms with Crippen LogP contribution in [0.25, 0.3) is 5.57 Å². The van der Waals surface area contributed by atoms with Crippen LogP contribution in [-0.4, -0.2) is 20.2 Å². The number of benzene rings is 2. The highest BCUT2D eigenvalue weighted by atomic mass is 16.5. The van der Waals surface area contributed by atoms with Gasteiger partial charge in [0.05, 0.1) is 14.2 Å². The molecule has 4 nitrogen and oxygen atoms in total. The van der Waals surface area contributed by atoms with E-state index in [-0.39, 0.29) is 5.97 Å². The van der Waals surface area contributed by atoms with E-state index in [1.807, 2.05) is 50.2 Å². The van der Waals surface area contributed by atoms with Crippen LogP contribution in [0.1, 0.15) is 22.3 Å². The molecule has 1 heterocycles. The summed E-state index contributed by atoms with van der Waals surface area (Å²) >= 11 is 0. The van der Waals surface area contributed by atoms with Gasteiger partial charge in [0.1, 0.15) is 17.3 Å². The minimum Gasteiger partial charge on any atom is -0.496 e. The van der Waals surface area contributed by atoms with Gasteiger partial charge in [-0.3, -0.25) is 0 Å². The zero-order chi connectivity index (χ0) is 18.0. The van der Waals surface area contributed by atoms with E-state index in [4.69, 9.17) is 14.2 Å². The molecule has 0 aliphatic carbocycles. The Labute approximate surface area is 147 Å². The van der Waals surface area contributed by atoms with E-state index in [0.29, 0.717) is 5.76 Å². The zero-order valence-corrected chi connectivity index (χ0v) is 14.8. The summed E-state index contributed by atoms with van der Waals surface area (Å²) in [5.41, 5.74) is 4.79. The number of cyclic esters (lactones) is 1. The van der Waals surface area contributed by atoms with Crippen molar-refractivity contribution in [2.45, 2.75) is 13.8 Å². The summed E-state index contributed by atoms with van der Waals surface area (Å²) < 4.78 is 16.1. The van der Waals surface area contributed by atoms with Crippen LogP contribution in [0.2, 0.25) is 0 Å². The molecule has 3 rings (SSSR count). The fourth-order valence-corrected chi connectivity index (χ4v) is 2.97. The number of hydrogen-bond acceptors (Lipinski definition) is 4. The smallest absolute Gasteiger partial charge is 0.336 e. The Morgan fingerprint density at radius 3 is 1.72 bits per heavy atom. The first-order valence-corrected chi connectivity index (χ1v) is 7.97. The number of methoxy groups -OCH3 is 2. The first-order valence-electron chi connectivity index (χ1n) is 7.97. The lowest BCUT2D eigenvalue weighted by atomic mass is 9.94. The molecule has 0 aromatic heterocycles.